The minimum atomic E-state index is -2.25. The third-order valence-corrected chi connectivity index (χ3v) is 3.75. The Hall–Kier alpha value is -1.16. The van der Waals surface area contributed by atoms with Crippen molar-refractivity contribution in [1.82, 2.24) is 5.32 Å². The first kappa shape index (κ1) is 11.0. The SMILES string of the molecule is FC(F)[C@H]1CCN2CCNCc3cccc1c32. The summed E-state index contributed by atoms with van der Waals surface area (Å²) in [6.45, 7) is 3.38. The van der Waals surface area contributed by atoms with Crippen molar-refractivity contribution in [3.63, 3.8) is 0 Å². The minimum absolute atomic E-state index is 0.564. The maximum absolute atomic E-state index is 13.0. The van der Waals surface area contributed by atoms with Crippen LogP contribution in [0.25, 0.3) is 0 Å². The summed E-state index contributed by atoms with van der Waals surface area (Å²) in [7, 11) is 0. The Morgan fingerprint density at radius 1 is 1.29 bits per heavy atom. The van der Waals surface area contributed by atoms with Crippen molar-refractivity contribution in [2.75, 3.05) is 24.5 Å². The summed E-state index contributed by atoms with van der Waals surface area (Å²) in [5.74, 6) is -0.584. The average Bonchev–Trinajstić information content (AvgIpc) is 2.54. The van der Waals surface area contributed by atoms with Crippen LogP contribution < -0.4 is 10.2 Å². The molecule has 1 atom stereocenters. The van der Waals surface area contributed by atoms with Crippen LogP contribution in [0.4, 0.5) is 14.5 Å². The number of nitrogens with one attached hydrogen (secondary N) is 1. The van der Waals surface area contributed by atoms with Crippen LogP contribution in [0.1, 0.15) is 23.5 Å². The molecule has 0 saturated carbocycles. The summed E-state index contributed by atoms with van der Waals surface area (Å²) in [5, 5.41) is 3.34. The molecular weight excluding hydrogens is 222 g/mol. The van der Waals surface area contributed by atoms with Crippen molar-refractivity contribution >= 4 is 5.69 Å². The van der Waals surface area contributed by atoms with E-state index in [2.05, 4.69) is 10.2 Å². The number of rotatable bonds is 1. The van der Waals surface area contributed by atoms with Crippen molar-refractivity contribution in [3.8, 4) is 0 Å². The highest BCUT2D eigenvalue weighted by molar-refractivity contribution is 5.63. The number of nitrogens with zero attached hydrogens (tertiary/aromatic N) is 1. The molecule has 0 fully saturated rings. The molecule has 0 aromatic heterocycles. The lowest BCUT2D eigenvalue weighted by Gasteiger charge is -2.35. The molecule has 2 aliphatic heterocycles. The second-order valence-electron chi connectivity index (χ2n) is 4.75. The van der Waals surface area contributed by atoms with Gasteiger partial charge < -0.3 is 10.2 Å². The first-order valence-corrected chi connectivity index (χ1v) is 6.13. The van der Waals surface area contributed by atoms with Crippen LogP contribution >= 0.6 is 0 Å². The van der Waals surface area contributed by atoms with Gasteiger partial charge in [0.2, 0.25) is 6.43 Å². The fourth-order valence-corrected chi connectivity index (χ4v) is 2.92. The molecule has 4 heteroatoms. The van der Waals surface area contributed by atoms with E-state index in [1.165, 1.54) is 0 Å². The number of hydrogen-bond donors (Lipinski definition) is 1. The van der Waals surface area contributed by atoms with Gasteiger partial charge in [-0.1, -0.05) is 18.2 Å². The maximum Gasteiger partial charge on any atom is 0.245 e. The molecule has 17 heavy (non-hydrogen) atoms. The van der Waals surface area contributed by atoms with Gasteiger partial charge in [-0.15, -0.1) is 0 Å². The predicted octanol–water partition coefficient (Wildman–Crippen LogP) is 2.35. The predicted molar refractivity (Wildman–Crippen MR) is 63.7 cm³/mol. The van der Waals surface area contributed by atoms with Crippen LogP contribution in [0.3, 0.4) is 0 Å². The number of anilines is 1. The van der Waals surface area contributed by atoms with E-state index < -0.39 is 12.3 Å². The van der Waals surface area contributed by atoms with Crippen molar-refractivity contribution in [1.29, 1.82) is 0 Å². The number of para-hydroxylation sites is 1. The minimum Gasteiger partial charge on any atom is -0.370 e. The Bertz CT molecular complexity index is 420. The van der Waals surface area contributed by atoms with E-state index in [0.717, 1.165) is 43.0 Å². The normalized spacial score (nSPS) is 23.5. The largest absolute Gasteiger partial charge is 0.370 e. The molecule has 2 aliphatic rings. The van der Waals surface area contributed by atoms with Crippen LogP contribution in [0.15, 0.2) is 18.2 Å². The van der Waals surface area contributed by atoms with E-state index in [1.54, 1.807) is 0 Å². The molecular formula is C13H16F2N2. The van der Waals surface area contributed by atoms with Crippen molar-refractivity contribution in [2.24, 2.45) is 0 Å². The molecule has 1 N–H and O–H groups in total. The van der Waals surface area contributed by atoms with Gasteiger partial charge in [0.15, 0.2) is 0 Å². The standard InChI is InChI=1S/C13H16F2N2/c14-13(15)11-4-6-17-7-5-16-8-9-2-1-3-10(11)12(9)17/h1-3,11,13,16H,4-8H2/t11-/m0/s1. The molecule has 0 unspecified atom stereocenters. The summed E-state index contributed by atoms with van der Waals surface area (Å²) in [5.41, 5.74) is 3.06. The van der Waals surface area contributed by atoms with Crippen LogP contribution in [-0.2, 0) is 6.54 Å². The van der Waals surface area contributed by atoms with E-state index in [-0.39, 0.29) is 0 Å². The first-order chi connectivity index (χ1) is 8.27. The van der Waals surface area contributed by atoms with Gasteiger partial charge in [-0.2, -0.15) is 0 Å². The maximum atomic E-state index is 13.0. The van der Waals surface area contributed by atoms with Gasteiger partial charge in [-0.3, -0.25) is 0 Å². The molecule has 92 valence electrons. The Morgan fingerprint density at radius 3 is 3.00 bits per heavy atom. The fourth-order valence-electron chi connectivity index (χ4n) is 2.92. The quantitative estimate of drug-likeness (QED) is 0.808. The zero-order valence-corrected chi connectivity index (χ0v) is 9.63. The van der Waals surface area contributed by atoms with Crippen LogP contribution in [-0.4, -0.2) is 26.1 Å². The van der Waals surface area contributed by atoms with Crippen molar-refractivity contribution < 1.29 is 8.78 Å². The highest BCUT2D eigenvalue weighted by Gasteiger charge is 2.32. The van der Waals surface area contributed by atoms with E-state index in [1.807, 2.05) is 18.2 Å². The molecule has 2 heterocycles. The third-order valence-electron chi connectivity index (χ3n) is 3.75. The zero-order valence-electron chi connectivity index (χ0n) is 9.63. The van der Waals surface area contributed by atoms with E-state index >= 15 is 0 Å². The van der Waals surface area contributed by atoms with Gasteiger partial charge in [-0.25, -0.2) is 8.78 Å². The van der Waals surface area contributed by atoms with E-state index in [4.69, 9.17) is 0 Å². The first-order valence-electron chi connectivity index (χ1n) is 6.13. The van der Waals surface area contributed by atoms with Gasteiger partial charge >= 0.3 is 0 Å². The van der Waals surface area contributed by atoms with Gasteiger partial charge in [0.05, 0.1) is 0 Å². The van der Waals surface area contributed by atoms with Crippen LogP contribution in [0, 0.1) is 0 Å². The topological polar surface area (TPSA) is 15.3 Å². The van der Waals surface area contributed by atoms with Crippen molar-refractivity contribution in [2.45, 2.75) is 25.3 Å². The van der Waals surface area contributed by atoms with Gasteiger partial charge in [0.25, 0.3) is 0 Å². The highest BCUT2D eigenvalue weighted by Crippen LogP contribution is 2.41. The lowest BCUT2D eigenvalue weighted by atomic mass is 9.88. The summed E-state index contributed by atoms with van der Waals surface area (Å²) < 4.78 is 26.1. The highest BCUT2D eigenvalue weighted by atomic mass is 19.3. The lowest BCUT2D eigenvalue weighted by Crippen LogP contribution is -2.35. The lowest BCUT2D eigenvalue weighted by molar-refractivity contribution is 0.109. The smallest absolute Gasteiger partial charge is 0.245 e. The van der Waals surface area contributed by atoms with Crippen LogP contribution in [0.2, 0.25) is 0 Å². The zero-order chi connectivity index (χ0) is 11.8. The molecule has 0 spiro atoms. The fraction of sp³-hybridized carbons (Fsp3) is 0.538. The summed E-state index contributed by atoms with van der Waals surface area (Å²) >= 11 is 0. The summed E-state index contributed by atoms with van der Waals surface area (Å²) in [6, 6.07) is 5.81. The second-order valence-corrected chi connectivity index (χ2v) is 4.75. The Balaban J connectivity index is 2.10. The second kappa shape index (κ2) is 4.26. The molecule has 3 rings (SSSR count). The summed E-state index contributed by atoms with van der Waals surface area (Å²) in [6.07, 6.45) is -1.69. The number of alkyl halides is 2. The number of benzene rings is 1. The van der Waals surface area contributed by atoms with E-state index in [9.17, 15) is 8.78 Å². The molecule has 1 aromatic rings. The van der Waals surface area contributed by atoms with Gasteiger partial charge in [0.1, 0.15) is 0 Å². The number of hydrogen-bond acceptors (Lipinski definition) is 2. The van der Waals surface area contributed by atoms with Gasteiger partial charge in [0, 0.05) is 37.8 Å². The Kier molecular flexibility index (Phi) is 2.74. The number of halogens is 2. The van der Waals surface area contributed by atoms with Gasteiger partial charge in [-0.05, 0) is 17.5 Å². The molecule has 0 radical (unpaired) electrons. The van der Waals surface area contributed by atoms with E-state index in [0.29, 0.717) is 6.42 Å². The Labute approximate surface area is 99.6 Å². The molecule has 0 bridgehead atoms. The molecule has 0 aliphatic carbocycles. The summed E-state index contributed by atoms with van der Waals surface area (Å²) in [4.78, 5) is 2.25. The molecule has 0 amide bonds. The third kappa shape index (κ3) is 1.80. The van der Waals surface area contributed by atoms with Crippen LogP contribution in [0.5, 0.6) is 0 Å². The monoisotopic (exact) mass is 238 g/mol. The molecule has 2 nitrogen and oxygen atoms in total. The molecule has 0 saturated heterocycles. The molecule has 1 aromatic carbocycles. The average molecular weight is 238 g/mol. The van der Waals surface area contributed by atoms with Crippen molar-refractivity contribution in [3.05, 3.63) is 29.3 Å². The Morgan fingerprint density at radius 2 is 2.18 bits per heavy atom.